The Morgan fingerprint density at radius 1 is 1.28 bits per heavy atom. The number of aliphatic imine (C=N–C) groups is 1. The molecule has 1 aromatic rings. The van der Waals surface area contributed by atoms with Gasteiger partial charge in [0.1, 0.15) is 0 Å². The number of sulfonamides is 1. The first kappa shape index (κ1) is 26.1. The van der Waals surface area contributed by atoms with Crippen LogP contribution in [0.2, 0.25) is 0 Å². The third kappa shape index (κ3) is 9.63. The number of hydrogen-bond donors (Lipinski definition) is 2. The average molecular weight is 538 g/mol. The number of benzene rings is 1. The lowest BCUT2D eigenvalue weighted by molar-refractivity contribution is 0.181. The molecule has 1 aliphatic heterocycles. The summed E-state index contributed by atoms with van der Waals surface area (Å²) < 4.78 is 32.2. The van der Waals surface area contributed by atoms with Crippen LogP contribution in [0.25, 0.3) is 0 Å². The fourth-order valence-electron chi connectivity index (χ4n) is 3.20. The Morgan fingerprint density at radius 2 is 1.93 bits per heavy atom. The van der Waals surface area contributed by atoms with Crippen LogP contribution in [-0.2, 0) is 27.1 Å². The lowest BCUT2D eigenvalue weighted by atomic mass is 10.1. The van der Waals surface area contributed by atoms with Crippen molar-refractivity contribution in [1.82, 2.24) is 14.9 Å². The third-order valence-electron chi connectivity index (χ3n) is 4.46. The molecule has 0 bridgehead atoms. The summed E-state index contributed by atoms with van der Waals surface area (Å²) >= 11 is 0. The molecule has 0 spiro atoms. The van der Waals surface area contributed by atoms with Crippen LogP contribution in [-0.4, -0.2) is 58.7 Å². The van der Waals surface area contributed by atoms with Gasteiger partial charge < -0.3 is 15.0 Å². The molecule has 1 aliphatic rings. The molecule has 1 saturated heterocycles. The van der Waals surface area contributed by atoms with Crippen molar-refractivity contribution in [3.05, 3.63) is 35.4 Å². The van der Waals surface area contributed by atoms with E-state index < -0.39 is 10.0 Å². The maximum Gasteiger partial charge on any atom is 0.216 e. The number of ether oxygens (including phenoxy) is 1. The molecular weight excluding hydrogens is 503 g/mol. The molecule has 1 heterocycles. The number of nitrogens with zero attached hydrogens (tertiary/aromatic N) is 2. The Morgan fingerprint density at radius 3 is 2.48 bits per heavy atom. The zero-order chi connectivity index (χ0) is 20.6. The van der Waals surface area contributed by atoms with Crippen molar-refractivity contribution in [2.75, 3.05) is 33.4 Å². The molecule has 0 amide bonds. The van der Waals surface area contributed by atoms with Gasteiger partial charge in [-0.2, -0.15) is 0 Å². The molecule has 7 nitrogen and oxygen atoms in total. The van der Waals surface area contributed by atoms with Crippen LogP contribution in [0, 0.1) is 5.92 Å². The van der Waals surface area contributed by atoms with Crippen LogP contribution >= 0.6 is 24.0 Å². The minimum atomic E-state index is -3.31. The van der Waals surface area contributed by atoms with Crippen molar-refractivity contribution in [2.45, 2.75) is 45.5 Å². The van der Waals surface area contributed by atoms with Gasteiger partial charge >= 0.3 is 0 Å². The Bertz CT molecular complexity index is 733. The van der Waals surface area contributed by atoms with Gasteiger partial charge in [-0.05, 0) is 38.3 Å². The first-order valence-electron chi connectivity index (χ1n) is 9.94. The maximum atomic E-state index is 12.0. The minimum Gasteiger partial charge on any atom is -0.381 e. The molecular formula is C20H35IN4O3S. The van der Waals surface area contributed by atoms with E-state index in [9.17, 15) is 8.42 Å². The molecule has 0 saturated carbocycles. The van der Waals surface area contributed by atoms with Crippen LogP contribution in [0.15, 0.2) is 29.3 Å². The van der Waals surface area contributed by atoms with Crippen molar-refractivity contribution in [3.63, 3.8) is 0 Å². The molecule has 2 rings (SSSR count). The molecule has 9 heteroatoms. The summed E-state index contributed by atoms with van der Waals surface area (Å²) in [6, 6.07) is 7.50. The molecule has 1 unspecified atom stereocenters. The summed E-state index contributed by atoms with van der Waals surface area (Å²) in [5, 5.41) is 3.33. The quantitative estimate of drug-likeness (QED) is 0.287. The Labute approximate surface area is 192 Å². The van der Waals surface area contributed by atoms with Gasteiger partial charge in [0.25, 0.3) is 0 Å². The predicted octanol–water partition coefficient (Wildman–Crippen LogP) is 2.57. The zero-order valence-corrected chi connectivity index (χ0v) is 21.0. The molecule has 166 valence electrons. The molecule has 2 N–H and O–H groups in total. The second-order valence-corrected chi connectivity index (χ2v) is 9.38. The highest BCUT2D eigenvalue weighted by Gasteiger charge is 2.19. The summed E-state index contributed by atoms with van der Waals surface area (Å²) in [4.78, 5) is 6.88. The molecule has 1 atom stereocenters. The topological polar surface area (TPSA) is 83.0 Å². The molecule has 0 radical (unpaired) electrons. The first-order valence-corrected chi connectivity index (χ1v) is 11.6. The predicted molar refractivity (Wildman–Crippen MR) is 129 cm³/mol. The molecule has 1 aromatic carbocycles. The number of guanidine groups is 1. The Balaban J connectivity index is 0.00000420. The molecule has 29 heavy (non-hydrogen) atoms. The van der Waals surface area contributed by atoms with Gasteiger partial charge in [-0.25, -0.2) is 18.1 Å². The smallest absolute Gasteiger partial charge is 0.216 e. The minimum absolute atomic E-state index is 0. The molecule has 0 aromatic heterocycles. The maximum absolute atomic E-state index is 12.0. The first-order chi connectivity index (χ1) is 13.3. The SMILES string of the molecule is CCNC(=NCc1ccc(CS(=O)(=O)NC(C)C)cc1)N(C)CC1CCOC1.I. The van der Waals surface area contributed by atoms with Crippen LogP contribution in [0.1, 0.15) is 38.3 Å². The van der Waals surface area contributed by atoms with E-state index in [2.05, 4.69) is 28.9 Å². The zero-order valence-electron chi connectivity index (χ0n) is 17.8. The van der Waals surface area contributed by atoms with Crippen LogP contribution in [0.3, 0.4) is 0 Å². The highest BCUT2D eigenvalue weighted by atomic mass is 127. The van der Waals surface area contributed by atoms with Crippen molar-refractivity contribution in [3.8, 4) is 0 Å². The summed E-state index contributed by atoms with van der Waals surface area (Å²) in [5.41, 5.74) is 1.82. The van der Waals surface area contributed by atoms with E-state index in [1.807, 2.05) is 38.1 Å². The van der Waals surface area contributed by atoms with Crippen LogP contribution in [0.5, 0.6) is 0 Å². The number of halogens is 1. The summed E-state index contributed by atoms with van der Waals surface area (Å²) in [5.74, 6) is 1.42. The normalized spacial score (nSPS) is 17.3. The molecule has 0 aliphatic carbocycles. The van der Waals surface area contributed by atoms with E-state index in [0.29, 0.717) is 12.5 Å². The number of hydrogen-bond acceptors (Lipinski definition) is 4. The highest BCUT2D eigenvalue weighted by molar-refractivity contribution is 14.0. The van der Waals surface area contributed by atoms with E-state index in [0.717, 1.165) is 49.8 Å². The lowest BCUT2D eigenvalue weighted by Gasteiger charge is -2.24. The van der Waals surface area contributed by atoms with E-state index >= 15 is 0 Å². The monoisotopic (exact) mass is 538 g/mol. The van der Waals surface area contributed by atoms with Gasteiger partial charge in [-0.15, -0.1) is 24.0 Å². The van der Waals surface area contributed by atoms with E-state index in [1.165, 1.54) is 0 Å². The number of rotatable bonds is 9. The lowest BCUT2D eigenvalue weighted by Crippen LogP contribution is -2.41. The van der Waals surface area contributed by atoms with Crippen LogP contribution in [0.4, 0.5) is 0 Å². The molecule has 1 fully saturated rings. The van der Waals surface area contributed by atoms with E-state index in [4.69, 9.17) is 9.73 Å². The summed E-state index contributed by atoms with van der Waals surface area (Å²) in [6.07, 6.45) is 1.10. The van der Waals surface area contributed by atoms with Gasteiger partial charge in [0.2, 0.25) is 10.0 Å². The van der Waals surface area contributed by atoms with Crippen molar-refractivity contribution < 1.29 is 13.2 Å². The second-order valence-electron chi connectivity index (χ2n) is 7.63. The van der Waals surface area contributed by atoms with E-state index in [-0.39, 0.29) is 35.8 Å². The van der Waals surface area contributed by atoms with Crippen LogP contribution < -0.4 is 10.0 Å². The van der Waals surface area contributed by atoms with Gasteiger partial charge in [-0.1, -0.05) is 24.3 Å². The van der Waals surface area contributed by atoms with Gasteiger partial charge in [0, 0.05) is 38.7 Å². The van der Waals surface area contributed by atoms with Crippen molar-refractivity contribution in [2.24, 2.45) is 10.9 Å². The summed E-state index contributed by atoms with van der Waals surface area (Å²) in [6.45, 7) is 9.64. The van der Waals surface area contributed by atoms with E-state index in [1.54, 1.807) is 0 Å². The fraction of sp³-hybridized carbons (Fsp3) is 0.650. The van der Waals surface area contributed by atoms with Gasteiger partial charge in [0.15, 0.2) is 5.96 Å². The Kier molecular flexibility index (Phi) is 11.4. The largest absolute Gasteiger partial charge is 0.381 e. The van der Waals surface area contributed by atoms with Crippen molar-refractivity contribution >= 4 is 40.0 Å². The summed E-state index contributed by atoms with van der Waals surface area (Å²) in [7, 11) is -1.26. The van der Waals surface area contributed by atoms with Gasteiger partial charge in [0.05, 0.1) is 18.9 Å². The Hall–Kier alpha value is -0.910. The average Bonchev–Trinajstić information content (AvgIpc) is 3.11. The van der Waals surface area contributed by atoms with Crippen molar-refractivity contribution in [1.29, 1.82) is 0 Å². The standard InChI is InChI=1S/C20H34N4O3S.HI/c1-5-21-20(24(4)13-19-10-11-27-14-19)22-12-17-6-8-18(9-7-17)15-28(25,26)23-16(2)3;/h6-9,16,19,23H,5,10-15H2,1-4H3,(H,21,22);1H. The fourth-order valence-corrected chi connectivity index (χ4v) is 4.63. The highest BCUT2D eigenvalue weighted by Crippen LogP contribution is 2.14. The van der Waals surface area contributed by atoms with Gasteiger partial charge in [-0.3, -0.25) is 0 Å². The second kappa shape index (κ2) is 12.7. The number of nitrogens with one attached hydrogen (secondary N) is 2. The third-order valence-corrected chi connectivity index (χ3v) is 6.00.